The van der Waals surface area contributed by atoms with Crippen LogP contribution in [-0.2, 0) is 11.3 Å². The number of rotatable bonds is 7. The van der Waals surface area contributed by atoms with Crippen LogP contribution in [0.3, 0.4) is 0 Å². The maximum Gasteiger partial charge on any atom is 0.264 e. The molecule has 1 aromatic carbocycles. The molecule has 0 unspecified atom stereocenters. The zero-order valence-corrected chi connectivity index (χ0v) is 16.5. The van der Waals surface area contributed by atoms with E-state index in [9.17, 15) is 4.79 Å². The largest absolute Gasteiger partial charge is 0.482 e. The fourth-order valence-corrected chi connectivity index (χ4v) is 3.64. The Morgan fingerprint density at radius 3 is 2.96 bits per heavy atom. The molecule has 0 aliphatic rings. The molecule has 0 aliphatic carbocycles. The molecule has 6 nitrogen and oxygen atoms in total. The summed E-state index contributed by atoms with van der Waals surface area (Å²) in [4.78, 5) is 16.7. The lowest BCUT2D eigenvalue weighted by molar-refractivity contribution is -0.118. The minimum absolute atomic E-state index is 0.193. The van der Waals surface area contributed by atoms with Crippen molar-refractivity contribution in [3.05, 3.63) is 65.3 Å². The van der Waals surface area contributed by atoms with Crippen LogP contribution in [0, 0.1) is 25.2 Å². The smallest absolute Gasteiger partial charge is 0.264 e. The van der Waals surface area contributed by atoms with Crippen LogP contribution >= 0.6 is 11.3 Å². The molecule has 1 amide bonds. The first kappa shape index (κ1) is 19.4. The highest BCUT2D eigenvalue weighted by Crippen LogP contribution is 2.30. The molecule has 3 rings (SSSR count). The fourth-order valence-electron chi connectivity index (χ4n) is 2.91. The zero-order chi connectivity index (χ0) is 20.1. The van der Waals surface area contributed by atoms with E-state index in [1.807, 2.05) is 31.4 Å². The van der Waals surface area contributed by atoms with Crippen molar-refractivity contribution in [1.29, 1.82) is 5.26 Å². The number of aromatic nitrogens is 2. The average molecular weight is 392 g/mol. The molecule has 0 atom stereocenters. The Hall–Kier alpha value is -3.37. The number of para-hydroxylation sites is 1. The molecule has 1 N–H and O–H groups in total. The van der Waals surface area contributed by atoms with Gasteiger partial charge >= 0.3 is 0 Å². The predicted molar refractivity (Wildman–Crippen MR) is 110 cm³/mol. The molecule has 0 saturated heterocycles. The Bertz CT molecular complexity index is 1060. The van der Waals surface area contributed by atoms with E-state index in [0.29, 0.717) is 16.4 Å². The molecule has 142 valence electrons. The molecule has 7 heteroatoms. The summed E-state index contributed by atoms with van der Waals surface area (Å²) in [5.74, 6) is 0.0559. The summed E-state index contributed by atoms with van der Waals surface area (Å²) in [5.41, 5.74) is 4.49. The maximum absolute atomic E-state index is 12.2. The third kappa shape index (κ3) is 4.13. The van der Waals surface area contributed by atoms with Gasteiger partial charge in [0.15, 0.2) is 11.7 Å². The lowest BCUT2D eigenvalue weighted by Crippen LogP contribution is -2.20. The Morgan fingerprint density at radius 2 is 2.21 bits per heavy atom. The van der Waals surface area contributed by atoms with Crippen LogP contribution < -0.4 is 10.1 Å². The molecular formula is C21H20N4O2S. The number of hydrogen-bond acceptors (Lipinski definition) is 5. The molecule has 2 aromatic heterocycles. The number of amides is 1. The van der Waals surface area contributed by atoms with Crippen LogP contribution in [0.4, 0.5) is 5.13 Å². The first-order valence-corrected chi connectivity index (χ1v) is 9.56. The summed E-state index contributed by atoms with van der Waals surface area (Å²) in [5, 5.41) is 14.2. The van der Waals surface area contributed by atoms with Gasteiger partial charge in [-0.05, 0) is 32.0 Å². The van der Waals surface area contributed by atoms with Crippen molar-refractivity contribution >= 4 is 22.4 Å². The number of carbonyl (C=O) groups excluding carboxylic acids is 1. The maximum atomic E-state index is 12.2. The van der Waals surface area contributed by atoms with Gasteiger partial charge in [0.2, 0.25) is 0 Å². The first-order chi connectivity index (χ1) is 13.5. The Labute approximate surface area is 167 Å². The highest BCUT2D eigenvalue weighted by Gasteiger charge is 2.14. The van der Waals surface area contributed by atoms with E-state index in [1.54, 1.807) is 24.3 Å². The number of anilines is 1. The molecular weight excluding hydrogens is 372 g/mol. The summed E-state index contributed by atoms with van der Waals surface area (Å²) in [7, 11) is 0. The fraction of sp³-hybridized carbons (Fsp3) is 0.190. The molecule has 0 aliphatic heterocycles. The topological polar surface area (TPSA) is 79.9 Å². The number of nitriles is 1. The SMILES string of the molecule is C=CCn1c(C)cc(-c2csc(NC(=O)COc3ccccc3C#N)n2)c1C. The van der Waals surface area contributed by atoms with Gasteiger partial charge in [0.25, 0.3) is 5.91 Å². The molecule has 0 spiro atoms. The zero-order valence-electron chi connectivity index (χ0n) is 15.7. The summed E-state index contributed by atoms with van der Waals surface area (Å²) in [6, 6.07) is 10.9. The van der Waals surface area contributed by atoms with Crippen LogP contribution in [-0.4, -0.2) is 22.1 Å². The molecule has 0 fully saturated rings. The number of nitrogens with one attached hydrogen (secondary N) is 1. The normalized spacial score (nSPS) is 10.3. The van der Waals surface area contributed by atoms with Gasteiger partial charge in [-0.2, -0.15) is 5.26 Å². The van der Waals surface area contributed by atoms with Gasteiger partial charge in [-0.15, -0.1) is 17.9 Å². The van der Waals surface area contributed by atoms with Crippen LogP contribution in [0.15, 0.2) is 48.4 Å². The van der Waals surface area contributed by atoms with E-state index in [-0.39, 0.29) is 12.5 Å². The summed E-state index contributed by atoms with van der Waals surface area (Å²) in [6.07, 6.45) is 1.86. The lowest BCUT2D eigenvalue weighted by atomic mass is 10.2. The third-order valence-corrected chi connectivity index (χ3v) is 5.04. The minimum Gasteiger partial charge on any atom is -0.482 e. The molecule has 0 radical (unpaired) electrons. The second-order valence-electron chi connectivity index (χ2n) is 6.17. The Morgan fingerprint density at radius 1 is 1.43 bits per heavy atom. The lowest BCUT2D eigenvalue weighted by Gasteiger charge is -2.07. The van der Waals surface area contributed by atoms with Crippen molar-refractivity contribution in [3.63, 3.8) is 0 Å². The van der Waals surface area contributed by atoms with Gasteiger partial charge in [0.1, 0.15) is 11.8 Å². The van der Waals surface area contributed by atoms with Crippen LogP contribution in [0.25, 0.3) is 11.3 Å². The number of ether oxygens (including phenoxy) is 1. The molecule has 2 heterocycles. The summed E-state index contributed by atoms with van der Waals surface area (Å²) in [6.45, 7) is 8.44. The highest BCUT2D eigenvalue weighted by atomic mass is 32.1. The van der Waals surface area contributed by atoms with Crippen LogP contribution in [0.5, 0.6) is 5.75 Å². The number of aryl methyl sites for hydroxylation is 1. The van der Waals surface area contributed by atoms with E-state index in [1.165, 1.54) is 11.3 Å². The van der Waals surface area contributed by atoms with Crippen molar-refractivity contribution in [2.75, 3.05) is 11.9 Å². The third-order valence-electron chi connectivity index (χ3n) is 4.28. The molecule has 3 aromatic rings. The summed E-state index contributed by atoms with van der Waals surface area (Å²) >= 11 is 1.36. The van der Waals surface area contributed by atoms with Gasteiger partial charge in [0, 0.05) is 28.9 Å². The van der Waals surface area contributed by atoms with Gasteiger partial charge in [-0.25, -0.2) is 4.98 Å². The van der Waals surface area contributed by atoms with E-state index >= 15 is 0 Å². The predicted octanol–water partition coefficient (Wildman–Crippen LogP) is 4.30. The average Bonchev–Trinajstić information content (AvgIpc) is 3.26. The first-order valence-electron chi connectivity index (χ1n) is 8.68. The molecule has 28 heavy (non-hydrogen) atoms. The van der Waals surface area contributed by atoms with Crippen molar-refractivity contribution in [2.24, 2.45) is 0 Å². The number of nitrogens with zero attached hydrogens (tertiary/aromatic N) is 3. The van der Waals surface area contributed by atoms with Gasteiger partial charge in [0.05, 0.1) is 11.3 Å². The van der Waals surface area contributed by atoms with Gasteiger partial charge in [-0.1, -0.05) is 18.2 Å². The van der Waals surface area contributed by atoms with E-state index in [2.05, 4.69) is 27.5 Å². The van der Waals surface area contributed by atoms with Crippen LogP contribution in [0.2, 0.25) is 0 Å². The second-order valence-corrected chi connectivity index (χ2v) is 7.02. The van der Waals surface area contributed by atoms with E-state index in [4.69, 9.17) is 10.00 Å². The Kier molecular flexibility index (Phi) is 5.92. The Balaban J connectivity index is 1.66. The quantitative estimate of drug-likeness (QED) is 0.608. The summed E-state index contributed by atoms with van der Waals surface area (Å²) < 4.78 is 7.62. The second kappa shape index (κ2) is 8.55. The number of allylic oxidation sites excluding steroid dienone is 1. The standard InChI is InChI=1S/C21H20N4O2S/c1-4-9-25-14(2)10-17(15(25)3)18-13-28-21(23-18)24-20(26)12-27-19-8-6-5-7-16(19)11-22/h4-8,10,13H,1,9,12H2,2-3H3,(H,23,24,26). The van der Waals surface area contributed by atoms with Crippen LogP contribution in [0.1, 0.15) is 17.0 Å². The van der Waals surface area contributed by atoms with E-state index in [0.717, 1.165) is 29.2 Å². The number of benzene rings is 1. The number of hydrogen-bond donors (Lipinski definition) is 1. The molecule has 0 bridgehead atoms. The minimum atomic E-state index is -0.328. The van der Waals surface area contributed by atoms with Crippen molar-refractivity contribution in [1.82, 2.24) is 9.55 Å². The van der Waals surface area contributed by atoms with Crippen molar-refractivity contribution < 1.29 is 9.53 Å². The monoisotopic (exact) mass is 392 g/mol. The van der Waals surface area contributed by atoms with Gasteiger partial charge < -0.3 is 9.30 Å². The highest BCUT2D eigenvalue weighted by molar-refractivity contribution is 7.14. The number of thiazole rings is 1. The van der Waals surface area contributed by atoms with Crippen molar-refractivity contribution in [3.8, 4) is 23.1 Å². The van der Waals surface area contributed by atoms with Crippen molar-refractivity contribution in [2.45, 2.75) is 20.4 Å². The van der Waals surface area contributed by atoms with E-state index < -0.39 is 0 Å². The molecule has 0 saturated carbocycles. The number of carbonyl (C=O) groups is 1. The van der Waals surface area contributed by atoms with Gasteiger partial charge in [-0.3, -0.25) is 10.1 Å².